The number of aromatic hydroxyl groups is 1. The number of oxazole rings is 1. The molecule has 25 heavy (non-hydrogen) atoms. The number of aryl methyl sites for hydroxylation is 1. The van der Waals surface area contributed by atoms with Crippen LogP contribution in [0.15, 0.2) is 71.1 Å². The van der Waals surface area contributed by atoms with Gasteiger partial charge in [0.15, 0.2) is 5.58 Å². The molecule has 1 heterocycles. The van der Waals surface area contributed by atoms with Crippen LogP contribution in [0.2, 0.25) is 0 Å². The SMILES string of the molecule is Cc1ccc2oc(-c3cc(NCc4ccccc4)ccc3O)nc2c1. The number of fused-ring (bicyclic) bond motifs is 1. The predicted octanol–water partition coefficient (Wildman–Crippen LogP) is 5.12. The van der Waals surface area contributed by atoms with E-state index >= 15 is 0 Å². The van der Waals surface area contributed by atoms with Gasteiger partial charge >= 0.3 is 0 Å². The van der Waals surface area contributed by atoms with E-state index in [1.165, 1.54) is 5.56 Å². The second-order valence-corrected chi connectivity index (χ2v) is 6.06. The molecule has 0 unspecified atom stereocenters. The van der Waals surface area contributed by atoms with Crippen molar-refractivity contribution in [3.05, 3.63) is 77.9 Å². The molecule has 0 radical (unpaired) electrons. The van der Waals surface area contributed by atoms with Crippen molar-refractivity contribution in [1.29, 1.82) is 0 Å². The first kappa shape index (κ1) is 15.3. The molecule has 0 fully saturated rings. The number of phenolic OH excluding ortho intramolecular Hbond substituents is 1. The van der Waals surface area contributed by atoms with Crippen LogP contribution in [0.25, 0.3) is 22.6 Å². The summed E-state index contributed by atoms with van der Waals surface area (Å²) in [7, 11) is 0. The van der Waals surface area contributed by atoms with Crippen LogP contribution in [-0.4, -0.2) is 10.1 Å². The van der Waals surface area contributed by atoms with Gasteiger partial charge in [0, 0.05) is 12.2 Å². The summed E-state index contributed by atoms with van der Waals surface area (Å²) in [5.41, 5.74) is 5.28. The minimum Gasteiger partial charge on any atom is -0.507 e. The van der Waals surface area contributed by atoms with E-state index in [1.807, 2.05) is 55.5 Å². The maximum Gasteiger partial charge on any atom is 0.231 e. The van der Waals surface area contributed by atoms with Gasteiger partial charge in [-0.1, -0.05) is 36.4 Å². The maximum atomic E-state index is 10.2. The first-order valence-corrected chi connectivity index (χ1v) is 8.17. The molecule has 4 aromatic rings. The number of nitrogens with one attached hydrogen (secondary N) is 1. The highest BCUT2D eigenvalue weighted by Crippen LogP contribution is 2.33. The average molecular weight is 330 g/mol. The van der Waals surface area contributed by atoms with Crippen molar-refractivity contribution in [1.82, 2.24) is 4.98 Å². The van der Waals surface area contributed by atoms with Crippen LogP contribution in [0, 0.1) is 6.92 Å². The monoisotopic (exact) mass is 330 g/mol. The molecule has 3 aromatic carbocycles. The Morgan fingerprint density at radius 2 is 1.84 bits per heavy atom. The van der Waals surface area contributed by atoms with Crippen molar-refractivity contribution >= 4 is 16.8 Å². The van der Waals surface area contributed by atoms with Gasteiger partial charge in [-0.05, 0) is 48.4 Å². The van der Waals surface area contributed by atoms with Gasteiger partial charge in [0.2, 0.25) is 5.89 Å². The zero-order valence-electron chi connectivity index (χ0n) is 13.9. The Labute approximate surface area is 145 Å². The number of benzene rings is 3. The number of hydrogen-bond acceptors (Lipinski definition) is 4. The quantitative estimate of drug-likeness (QED) is 0.510. The van der Waals surface area contributed by atoms with Gasteiger partial charge in [0.05, 0.1) is 5.56 Å². The van der Waals surface area contributed by atoms with Gasteiger partial charge in [-0.2, -0.15) is 0 Å². The van der Waals surface area contributed by atoms with Crippen molar-refractivity contribution in [2.45, 2.75) is 13.5 Å². The molecule has 0 aliphatic rings. The summed E-state index contributed by atoms with van der Waals surface area (Å²) in [6, 6.07) is 21.4. The summed E-state index contributed by atoms with van der Waals surface area (Å²) >= 11 is 0. The molecular formula is C21H18N2O2. The third kappa shape index (κ3) is 3.19. The van der Waals surface area contributed by atoms with Gasteiger partial charge < -0.3 is 14.8 Å². The van der Waals surface area contributed by atoms with E-state index < -0.39 is 0 Å². The van der Waals surface area contributed by atoms with Crippen LogP contribution >= 0.6 is 0 Å². The average Bonchev–Trinajstić information content (AvgIpc) is 3.04. The standard InChI is InChI=1S/C21H18N2O2/c1-14-7-10-20-18(11-14)23-21(25-20)17-12-16(8-9-19(17)24)22-13-15-5-3-2-4-6-15/h2-12,22,24H,13H2,1H3. The normalized spacial score (nSPS) is 10.9. The van der Waals surface area contributed by atoms with E-state index in [-0.39, 0.29) is 5.75 Å². The maximum absolute atomic E-state index is 10.2. The molecule has 4 nitrogen and oxygen atoms in total. The first-order chi connectivity index (χ1) is 12.2. The topological polar surface area (TPSA) is 58.3 Å². The molecule has 0 atom stereocenters. The van der Waals surface area contributed by atoms with E-state index in [2.05, 4.69) is 22.4 Å². The van der Waals surface area contributed by atoms with Gasteiger partial charge in [0.25, 0.3) is 0 Å². The number of aromatic nitrogens is 1. The second kappa shape index (κ2) is 6.32. The van der Waals surface area contributed by atoms with Crippen LogP contribution < -0.4 is 5.32 Å². The lowest BCUT2D eigenvalue weighted by atomic mass is 10.1. The van der Waals surface area contributed by atoms with Crippen molar-refractivity contribution in [3.63, 3.8) is 0 Å². The minimum absolute atomic E-state index is 0.147. The lowest BCUT2D eigenvalue weighted by Gasteiger charge is -2.08. The largest absolute Gasteiger partial charge is 0.507 e. The molecule has 4 heteroatoms. The Hall–Kier alpha value is -3.27. The molecule has 0 aliphatic carbocycles. The van der Waals surface area contributed by atoms with E-state index in [1.54, 1.807) is 6.07 Å². The zero-order valence-corrected chi connectivity index (χ0v) is 13.9. The Morgan fingerprint density at radius 1 is 1.00 bits per heavy atom. The number of rotatable bonds is 4. The Morgan fingerprint density at radius 3 is 2.68 bits per heavy atom. The third-order valence-electron chi connectivity index (χ3n) is 4.11. The molecule has 2 N–H and O–H groups in total. The van der Waals surface area contributed by atoms with Crippen LogP contribution in [0.4, 0.5) is 5.69 Å². The summed E-state index contributed by atoms with van der Waals surface area (Å²) in [6.45, 7) is 2.72. The molecular weight excluding hydrogens is 312 g/mol. The Bertz CT molecular complexity index is 1020. The minimum atomic E-state index is 0.147. The number of hydrogen-bond donors (Lipinski definition) is 2. The number of phenols is 1. The van der Waals surface area contributed by atoms with Crippen molar-refractivity contribution < 1.29 is 9.52 Å². The predicted molar refractivity (Wildman–Crippen MR) is 99.6 cm³/mol. The van der Waals surface area contributed by atoms with E-state index in [4.69, 9.17) is 4.42 Å². The van der Waals surface area contributed by atoms with Crippen LogP contribution in [0.3, 0.4) is 0 Å². The molecule has 124 valence electrons. The summed E-state index contributed by atoms with van der Waals surface area (Å²) in [4.78, 5) is 4.51. The molecule has 0 saturated carbocycles. The van der Waals surface area contributed by atoms with Crippen molar-refractivity contribution in [2.75, 3.05) is 5.32 Å². The van der Waals surface area contributed by atoms with E-state index in [9.17, 15) is 5.11 Å². The van der Waals surface area contributed by atoms with Crippen LogP contribution in [-0.2, 0) is 6.54 Å². The van der Waals surface area contributed by atoms with Gasteiger partial charge in [0.1, 0.15) is 11.3 Å². The Kier molecular flexibility index (Phi) is 3.86. The highest BCUT2D eigenvalue weighted by Gasteiger charge is 2.13. The zero-order chi connectivity index (χ0) is 17.2. The summed E-state index contributed by atoms with van der Waals surface area (Å²) in [5.74, 6) is 0.565. The van der Waals surface area contributed by atoms with E-state index in [0.29, 0.717) is 23.6 Å². The first-order valence-electron chi connectivity index (χ1n) is 8.17. The molecule has 0 saturated heterocycles. The lowest BCUT2D eigenvalue weighted by Crippen LogP contribution is -1.99. The lowest BCUT2D eigenvalue weighted by molar-refractivity contribution is 0.474. The van der Waals surface area contributed by atoms with Crippen molar-refractivity contribution in [2.24, 2.45) is 0 Å². The van der Waals surface area contributed by atoms with Crippen LogP contribution in [0.5, 0.6) is 5.75 Å². The molecule has 4 rings (SSSR count). The van der Waals surface area contributed by atoms with Gasteiger partial charge in [-0.25, -0.2) is 4.98 Å². The number of nitrogens with zero attached hydrogens (tertiary/aromatic N) is 1. The molecule has 0 bridgehead atoms. The smallest absolute Gasteiger partial charge is 0.231 e. The fourth-order valence-corrected chi connectivity index (χ4v) is 2.77. The highest BCUT2D eigenvalue weighted by atomic mass is 16.3. The van der Waals surface area contributed by atoms with Gasteiger partial charge in [-0.15, -0.1) is 0 Å². The fraction of sp³-hybridized carbons (Fsp3) is 0.0952. The van der Waals surface area contributed by atoms with E-state index in [0.717, 1.165) is 16.8 Å². The van der Waals surface area contributed by atoms with Crippen molar-refractivity contribution in [3.8, 4) is 17.2 Å². The molecule has 0 aliphatic heterocycles. The number of anilines is 1. The third-order valence-corrected chi connectivity index (χ3v) is 4.11. The summed E-state index contributed by atoms with van der Waals surface area (Å²) in [6.07, 6.45) is 0. The van der Waals surface area contributed by atoms with Crippen LogP contribution in [0.1, 0.15) is 11.1 Å². The molecule has 1 aromatic heterocycles. The highest BCUT2D eigenvalue weighted by molar-refractivity contribution is 5.79. The molecule has 0 spiro atoms. The summed E-state index contributed by atoms with van der Waals surface area (Å²) < 4.78 is 5.81. The fourth-order valence-electron chi connectivity index (χ4n) is 2.77. The Balaban J connectivity index is 1.64. The summed E-state index contributed by atoms with van der Waals surface area (Å²) in [5, 5.41) is 13.6. The molecule has 0 amide bonds. The second-order valence-electron chi connectivity index (χ2n) is 6.06. The van der Waals surface area contributed by atoms with Gasteiger partial charge in [-0.3, -0.25) is 0 Å².